The van der Waals surface area contributed by atoms with E-state index in [0.717, 1.165) is 5.56 Å². The highest BCUT2D eigenvalue weighted by Crippen LogP contribution is 2.14. The average Bonchev–Trinajstić information content (AvgIpc) is 3.03. The molecule has 2 amide bonds. The highest BCUT2D eigenvalue weighted by molar-refractivity contribution is 6.31. The lowest BCUT2D eigenvalue weighted by Crippen LogP contribution is -2.39. The zero-order chi connectivity index (χ0) is 15.8. The van der Waals surface area contributed by atoms with Crippen LogP contribution in [0.3, 0.4) is 0 Å². The molecule has 0 aliphatic heterocycles. The predicted molar refractivity (Wildman–Crippen MR) is 83.0 cm³/mol. The van der Waals surface area contributed by atoms with Crippen molar-refractivity contribution in [3.8, 4) is 6.07 Å². The molecule has 0 unspecified atom stereocenters. The molecular formula is C16H16ClN3O2. The fourth-order valence-electron chi connectivity index (χ4n) is 1.95. The summed E-state index contributed by atoms with van der Waals surface area (Å²) in [7, 11) is 0. The Morgan fingerprint density at radius 2 is 2.14 bits per heavy atom. The van der Waals surface area contributed by atoms with Crippen LogP contribution in [0.4, 0.5) is 4.79 Å². The van der Waals surface area contributed by atoms with Gasteiger partial charge >= 0.3 is 6.03 Å². The van der Waals surface area contributed by atoms with Crippen LogP contribution in [0.2, 0.25) is 5.02 Å². The normalized spacial score (nSPS) is 10.0. The number of hydrogen-bond donors (Lipinski definition) is 1. The van der Waals surface area contributed by atoms with Gasteiger partial charge in [-0.3, -0.25) is 0 Å². The van der Waals surface area contributed by atoms with Crippen LogP contribution in [0.15, 0.2) is 47.1 Å². The molecule has 0 saturated heterocycles. The maximum absolute atomic E-state index is 12.3. The molecule has 0 saturated carbocycles. The third-order valence-corrected chi connectivity index (χ3v) is 3.46. The van der Waals surface area contributed by atoms with E-state index in [0.29, 0.717) is 30.4 Å². The molecule has 2 aromatic rings. The molecule has 22 heavy (non-hydrogen) atoms. The van der Waals surface area contributed by atoms with Crippen molar-refractivity contribution in [1.29, 1.82) is 5.26 Å². The molecule has 2 rings (SSSR count). The van der Waals surface area contributed by atoms with Crippen molar-refractivity contribution in [1.82, 2.24) is 10.2 Å². The molecule has 5 nitrogen and oxygen atoms in total. The van der Waals surface area contributed by atoms with Crippen molar-refractivity contribution in [2.75, 3.05) is 6.54 Å². The summed E-state index contributed by atoms with van der Waals surface area (Å²) in [6.07, 6.45) is 1.82. The van der Waals surface area contributed by atoms with E-state index in [1.807, 2.05) is 24.3 Å². The highest BCUT2D eigenvalue weighted by Gasteiger charge is 2.15. The SMILES string of the molecule is N#CCCN(Cc1ccco1)C(=O)NCc1ccccc1Cl. The lowest BCUT2D eigenvalue weighted by molar-refractivity contribution is 0.191. The van der Waals surface area contributed by atoms with Crippen LogP contribution >= 0.6 is 11.6 Å². The number of nitriles is 1. The molecule has 0 spiro atoms. The summed E-state index contributed by atoms with van der Waals surface area (Å²) in [5, 5.41) is 12.1. The minimum Gasteiger partial charge on any atom is -0.467 e. The van der Waals surface area contributed by atoms with Gasteiger partial charge < -0.3 is 14.6 Å². The van der Waals surface area contributed by atoms with E-state index >= 15 is 0 Å². The minimum atomic E-state index is -0.258. The largest absolute Gasteiger partial charge is 0.467 e. The first-order valence-corrected chi connectivity index (χ1v) is 7.24. The number of benzene rings is 1. The second-order valence-electron chi connectivity index (χ2n) is 4.66. The number of furan rings is 1. The smallest absolute Gasteiger partial charge is 0.318 e. The third kappa shape index (κ3) is 4.54. The van der Waals surface area contributed by atoms with E-state index in [9.17, 15) is 4.79 Å². The van der Waals surface area contributed by atoms with Gasteiger partial charge in [-0.05, 0) is 23.8 Å². The first-order chi connectivity index (χ1) is 10.7. The molecule has 114 valence electrons. The van der Waals surface area contributed by atoms with Crippen LogP contribution in [-0.4, -0.2) is 17.5 Å². The predicted octanol–water partition coefficient (Wildman–Crippen LogP) is 3.56. The van der Waals surface area contributed by atoms with E-state index in [1.165, 1.54) is 0 Å². The number of urea groups is 1. The number of carbonyl (C=O) groups is 1. The molecule has 0 fully saturated rings. The van der Waals surface area contributed by atoms with Crippen LogP contribution in [0, 0.1) is 11.3 Å². The highest BCUT2D eigenvalue weighted by atomic mass is 35.5. The summed E-state index contributed by atoms with van der Waals surface area (Å²) in [5.74, 6) is 0.672. The molecule has 0 atom stereocenters. The number of amides is 2. The topological polar surface area (TPSA) is 69.3 Å². The van der Waals surface area contributed by atoms with Gasteiger partial charge in [0.1, 0.15) is 5.76 Å². The molecule has 6 heteroatoms. The Morgan fingerprint density at radius 3 is 2.82 bits per heavy atom. The van der Waals surface area contributed by atoms with Gasteiger partial charge in [-0.1, -0.05) is 29.8 Å². The van der Waals surface area contributed by atoms with Crippen LogP contribution in [0.1, 0.15) is 17.7 Å². The number of carbonyl (C=O) groups excluding carboxylic acids is 1. The van der Waals surface area contributed by atoms with Crippen LogP contribution < -0.4 is 5.32 Å². The minimum absolute atomic E-state index is 0.258. The van der Waals surface area contributed by atoms with E-state index in [2.05, 4.69) is 5.32 Å². The Hall–Kier alpha value is -2.45. The second kappa shape index (κ2) is 8.11. The van der Waals surface area contributed by atoms with E-state index in [1.54, 1.807) is 29.4 Å². The summed E-state index contributed by atoms with van der Waals surface area (Å²) in [6, 6.07) is 12.7. The summed E-state index contributed by atoms with van der Waals surface area (Å²) in [4.78, 5) is 13.8. The Bertz CT molecular complexity index is 650. The van der Waals surface area contributed by atoms with Crippen LogP contribution in [-0.2, 0) is 13.1 Å². The van der Waals surface area contributed by atoms with Gasteiger partial charge in [-0.2, -0.15) is 5.26 Å². The molecule has 1 aromatic heterocycles. The fraction of sp³-hybridized carbons (Fsp3) is 0.250. The zero-order valence-electron chi connectivity index (χ0n) is 12.0. The van der Waals surface area contributed by atoms with Crippen molar-refractivity contribution in [2.45, 2.75) is 19.5 Å². The number of halogens is 1. The number of nitrogens with zero attached hydrogens (tertiary/aromatic N) is 2. The fourth-order valence-corrected chi connectivity index (χ4v) is 2.15. The quantitative estimate of drug-likeness (QED) is 0.885. The van der Waals surface area contributed by atoms with Crippen molar-refractivity contribution >= 4 is 17.6 Å². The van der Waals surface area contributed by atoms with Crippen molar-refractivity contribution < 1.29 is 9.21 Å². The summed E-state index contributed by atoms with van der Waals surface area (Å²) in [5.41, 5.74) is 0.843. The van der Waals surface area contributed by atoms with Crippen LogP contribution in [0.5, 0.6) is 0 Å². The van der Waals surface area contributed by atoms with Gasteiger partial charge in [-0.25, -0.2) is 4.79 Å². The molecule has 1 N–H and O–H groups in total. The molecule has 1 heterocycles. The molecule has 0 bridgehead atoms. The van der Waals surface area contributed by atoms with Crippen molar-refractivity contribution in [3.63, 3.8) is 0 Å². The molecule has 0 aliphatic carbocycles. The van der Waals surface area contributed by atoms with Gasteiger partial charge in [0.15, 0.2) is 0 Å². The molecule has 1 aromatic carbocycles. The molecule has 0 aliphatic rings. The standard InChI is InChI=1S/C16H16ClN3O2/c17-15-7-2-1-5-13(15)11-19-16(21)20(9-4-8-18)12-14-6-3-10-22-14/h1-3,5-7,10H,4,9,11-12H2,(H,19,21). The lowest BCUT2D eigenvalue weighted by Gasteiger charge is -2.21. The zero-order valence-corrected chi connectivity index (χ0v) is 12.7. The van der Waals surface area contributed by atoms with E-state index < -0.39 is 0 Å². The van der Waals surface area contributed by atoms with Gasteiger partial charge in [0.25, 0.3) is 0 Å². The molecular weight excluding hydrogens is 302 g/mol. The summed E-state index contributed by atoms with van der Waals surface area (Å²) < 4.78 is 5.25. The Morgan fingerprint density at radius 1 is 1.32 bits per heavy atom. The van der Waals surface area contributed by atoms with Gasteiger partial charge in [0.2, 0.25) is 0 Å². The van der Waals surface area contributed by atoms with Gasteiger partial charge in [0.05, 0.1) is 25.3 Å². The summed E-state index contributed by atoms with van der Waals surface area (Å²) in [6.45, 7) is 0.994. The first-order valence-electron chi connectivity index (χ1n) is 6.86. The van der Waals surface area contributed by atoms with E-state index in [-0.39, 0.29) is 12.5 Å². The number of rotatable bonds is 6. The second-order valence-corrected chi connectivity index (χ2v) is 5.07. The van der Waals surface area contributed by atoms with Gasteiger partial charge in [-0.15, -0.1) is 0 Å². The first kappa shape index (κ1) is 15.9. The Labute approximate surface area is 134 Å². The summed E-state index contributed by atoms with van der Waals surface area (Å²) >= 11 is 6.06. The maximum atomic E-state index is 12.3. The monoisotopic (exact) mass is 317 g/mol. The van der Waals surface area contributed by atoms with Crippen molar-refractivity contribution in [2.24, 2.45) is 0 Å². The Balaban J connectivity index is 1.96. The molecule has 0 radical (unpaired) electrons. The van der Waals surface area contributed by atoms with Crippen molar-refractivity contribution in [3.05, 3.63) is 59.0 Å². The van der Waals surface area contributed by atoms with Crippen LogP contribution in [0.25, 0.3) is 0 Å². The third-order valence-electron chi connectivity index (χ3n) is 3.10. The maximum Gasteiger partial charge on any atom is 0.318 e. The average molecular weight is 318 g/mol. The van der Waals surface area contributed by atoms with E-state index in [4.69, 9.17) is 21.3 Å². The number of nitrogens with one attached hydrogen (secondary N) is 1. The Kier molecular flexibility index (Phi) is 5.87. The van der Waals surface area contributed by atoms with Gasteiger partial charge in [0, 0.05) is 18.1 Å². The number of hydrogen-bond acceptors (Lipinski definition) is 3. The lowest BCUT2D eigenvalue weighted by atomic mass is 10.2.